The second kappa shape index (κ2) is 6.47. The van der Waals surface area contributed by atoms with Gasteiger partial charge in [-0.3, -0.25) is 14.9 Å². The minimum absolute atomic E-state index is 0.00705. The van der Waals surface area contributed by atoms with Crippen molar-refractivity contribution in [3.8, 4) is 0 Å². The Morgan fingerprint density at radius 3 is 2.75 bits per heavy atom. The molecule has 6 heteroatoms. The molecule has 1 unspecified atom stereocenters. The van der Waals surface area contributed by atoms with Crippen molar-refractivity contribution in [2.75, 3.05) is 19.7 Å². The quantitative estimate of drug-likeness (QED) is 0.625. The molecule has 108 valence electrons. The Balaban J connectivity index is 2.04. The van der Waals surface area contributed by atoms with Gasteiger partial charge in [0.2, 0.25) is 0 Å². The summed E-state index contributed by atoms with van der Waals surface area (Å²) in [6.45, 7) is 3.88. The molecule has 20 heavy (non-hydrogen) atoms. The molecule has 1 atom stereocenters. The van der Waals surface area contributed by atoms with E-state index < -0.39 is 4.92 Å². The number of ether oxygens (including phenoxy) is 1. The van der Waals surface area contributed by atoms with Crippen molar-refractivity contribution in [3.05, 3.63) is 39.9 Å². The van der Waals surface area contributed by atoms with Gasteiger partial charge in [0.15, 0.2) is 0 Å². The SMILES string of the molecule is CCOC1CCCN(C(=O)c2ccc([N+](=O)[O-])cc2)C1. The highest BCUT2D eigenvalue weighted by molar-refractivity contribution is 5.94. The summed E-state index contributed by atoms with van der Waals surface area (Å²) in [6.07, 6.45) is 1.98. The van der Waals surface area contributed by atoms with Gasteiger partial charge in [0, 0.05) is 37.4 Å². The molecule has 0 spiro atoms. The molecule has 1 heterocycles. The van der Waals surface area contributed by atoms with Crippen molar-refractivity contribution < 1.29 is 14.5 Å². The van der Waals surface area contributed by atoms with Crippen LogP contribution in [0.1, 0.15) is 30.1 Å². The Morgan fingerprint density at radius 2 is 2.15 bits per heavy atom. The first-order chi connectivity index (χ1) is 9.61. The summed E-state index contributed by atoms with van der Waals surface area (Å²) < 4.78 is 5.57. The van der Waals surface area contributed by atoms with Crippen molar-refractivity contribution in [2.45, 2.75) is 25.9 Å². The van der Waals surface area contributed by atoms with E-state index in [9.17, 15) is 14.9 Å². The van der Waals surface area contributed by atoms with Crippen LogP contribution in [0.25, 0.3) is 0 Å². The van der Waals surface area contributed by atoms with Crippen LogP contribution >= 0.6 is 0 Å². The number of piperidine rings is 1. The lowest BCUT2D eigenvalue weighted by molar-refractivity contribution is -0.384. The second-order valence-corrected chi connectivity index (χ2v) is 4.77. The van der Waals surface area contributed by atoms with E-state index in [0.29, 0.717) is 25.3 Å². The Bertz CT molecular complexity index is 484. The average Bonchev–Trinajstić information content (AvgIpc) is 2.47. The van der Waals surface area contributed by atoms with E-state index in [4.69, 9.17) is 4.74 Å². The van der Waals surface area contributed by atoms with Gasteiger partial charge in [0.1, 0.15) is 0 Å². The summed E-state index contributed by atoms with van der Waals surface area (Å²) >= 11 is 0. The van der Waals surface area contributed by atoms with E-state index in [-0.39, 0.29) is 17.7 Å². The summed E-state index contributed by atoms with van der Waals surface area (Å²) in [6, 6.07) is 5.73. The molecule has 1 saturated heterocycles. The number of carbonyl (C=O) groups excluding carboxylic acids is 1. The monoisotopic (exact) mass is 278 g/mol. The Hall–Kier alpha value is -1.95. The molecule has 0 bridgehead atoms. The molecular weight excluding hydrogens is 260 g/mol. The summed E-state index contributed by atoms with van der Waals surface area (Å²) in [5.74, 6) is -0.0932. The maximum absolute atomic E-state index is 12.3. The van der Waals surface area contributed by atoms with E-state index in [0.717, 1.165) is 12.8 Å². The number of amides is 1. The predicted molar refractivity (Wildman–Crippen MR) is 73.6 cm³/mol. The zero-order chi connectivity index (χ0) is 14.5. The fraction of sp³-hybridized carbons (Fsp3) is 0.500. The number of carbonyl (C=O) groups is 1. The zero-order valence-electron chi connectivity index (χ0n) is 11.4. The largest absolute Gasteiger partial charge is 0.377 e. The summed E-state index contributed by atoms with van der Waals surface area (Å²) in [5, 5.41) is 10.6. The first kappa shape index (κ1) is 14.5. The van der Waals surface area contributed by atoms with Crippen molar-refractivity contribution in [1.29, 1.82) is 0 Å². The number of nitro benzene ring substituents is 1. The first-order valence-corrected chi connectivity index (χ1v) is 6.77. The van der Waals surface area contributed by atoms with Crippen LogP contribution in [-0.2, 0) is 4.74 Å². The second-order valence-electron chi connectivity index (χ2n) is 4.77. The Morgan fingerprint density at radius 1 is 1.45 bits per heavy atom. The highest BCUT2D eigenvalue weighted by atomic mass is 16.6. The van der Waals surface area contributed by atoms with Crippen molar-refractivity contribution in [2.24, 2.45) is 0 Å². The number of benzene rings is 1. The molecule has 6 nitrogen and oxygen atoms in total. The van der Waals surface area contributed by atoms with E-state index in [1.54, 1.807) is 4.90 Å². The molecule has 1 aliphatic heterocycles. The van der Waals surface area contributed by atoms with Crippen molar-refractivity contribution in [1.82, 2.24) is 4.90 Å². The van der Waals surface area contributed by atoms with Crippen LogP contribution in [0, 0.1) is 10.1 Å². The van der Waals surface area contributed by atoms with E-state index >= 15 is 0 Å². The van der Waals surface area contributed by atoms with Gasteiger partial charge >= 0.3 is 0 Å². The highest BCUT2D eigenvalue weighted by Crippen LogP contribution is 2.18. The van der Waals surface area contributed by atoms with Crippen molar-refractivity contribution in [3.63, 3.8) is 0 Å². The highest BCUT2D eigenvalue weighted by Gasteiger charge is 2.24. The molecule has 1 fully saturated rings. The average molecular weight is 278 g/mol. The van der Waals surface area contributed by atoms with Crippen LogP contribution < -0.4 is 0 Å². The smallest absolute Gasteiger partial charge is 0.269 e. The number of hydrogen-bond acceptors (Lipinski definition) is 4. The van der Waals surface area contributed by atoms with Gasteiger partial charge in [-0.25, -0.2) is 0 Å². The molecule has 0 saturated carbocycles. The number of nitro groups is 1. The van der Waals surface area contributed by atoms with Gasteiger partial charge in [-0.1, -0.05) is 0 Å². The van der Waals surface area contributed by atoms with E-state index in [1.807, 2.05) is 6.92 Å². The molecule has 0 N–H and O–H groups in total. The molecule has 0 aliphatic carbocycles. The third-order valence-corrected chi connectivity index (χ3v) is 3.39. The maximum atomic E-state index is 12.3. The molecular formula is C14H18N2O4. The molecule has 1 aromatic carbocycles. The third-order valence-electron chi connectivity index (χ3n) is 3.39. The summed E-state index contributed by atoms with van der Waals surface area (Å²) in [7, 11) is 0. The summed E-state index contributed by atoms with van der Waals surface area (Å²) in [5.41, 5.74) is 0.472. The lowest BCUT2D eigenvalue weighted by Gasteiger charge is -2.32. The van der Waals surface area contributed by atoms with Gasteiger partial charge in [-0.15, -0.1) is 0 Å². The normalized spacial score (nSPS) is 18.9. The first-order valence-electron chi connectivity index (χ1n) is 6.77. The van der Waals surface area contributed by atoms with Gasteiger partial charge in [0.25, 0.3) is 11.6 Å². The number of non-ortho nitro benzene ring substituents is 1. The minimum atomic E-state index is -0.472. The maximum Gasteiger partial charge on any atom is 0.269 e. The van der Waals surface area contributed by atoms with E-state index in [1.165, 1.54) is 24.3 Å². The summed E-state index contributed by atoms with van der Waals surface area (Å²) in [4.78, 5) is 24.2. The van der Waals surface area contributed by atoms with Gasteiger partial charge in [-0.05, 0) is 31.9 Å². The minimum Gasteiger partial charge on any atom is -0.377 e. The number of rotatable bonds is 4. The predicted octanol–water partition coefficient (Wildman–Crippen LogP) is 2.24. The topological polar surface area (TPSA) is 72.7 Å². The number of hydrogen-bond donors (Lipinski definition) is 0. The van der Waals surface area contributed by atoms with Gasteiger partial charge in [-0.2, -0.15) is 0 Å². The molecule has 0 aromatic heterocycles. The van der Waals surface area contributed by atoms with Crippen LogP contribution in [0.5, 0.6) is 0 Å². The van der Waals surface area contributed by atoms with Crippen LogP contribution in [0.2, 0.25) is 0 Å². The van der Waals surface area contributed by atoms with Crippen LogP contribution in [0.4, 0.5) is 5.69 Å². The van der Waals surface area contributed by atoms with Crippen molar-refractivity contribution >= 4 is 11.6 Å². The molecule has 0 radical (unpaired) electrons. The zero-order valence-corrected chi connectivity index (χ0v) is 11.4. The van der Waals surface area contributed by atoms with E-state index in [2.05, 4.69) is 0 Å². The van der Waals surface area contributed by atoms with Gasteiger partial charge in [0.05, 0.1) is 11.0 Å². The molecule has 2 rings (SSSR count). The molecule has 1 aliphatic rings. The standard InChI is InChI=1S/C14H18N2O4/c1-2-20-13-4-3-9-15(10-13)14(17)11-5-7-12(8-6-11)16(18)19/h5-8,13H,2-4,9-10H2,1H3. The fourth-order valence-corrected chi connectivity index (χ4v) is 2.40. The lowest BCUT2D eigenvalue weighted by Crippen LogP contribution is -2.43. The number of likely N-dealkylation sites (tertiary alicyclic amines) is 1. The number of nitrogens with zero attached hydrogens (tertiary/aromatic N) is 2. The Labute approximate surface area is 117 Å². The lowest BCUT2D eigenvalue weighted by atomic mass is 10.1. The van der Waals surface area contributed by atoms with Gasteiger partial charge < -0.3 is 9.64 Å². The van der Waals surface area contributed by atoms with Crippen LogP contribution in [0.3, 0.4) is 0 Å². The Kier molecular flexibility index (Phi) is 4.68. The molecule has 1 amide bonds. The van der Waals surface area contributed by atoms with Crippen LogP contribution in [0.15, 0.2) is 24.3 Å². The fourth-order valence-electron chi connectivity index (χ4n) is 2.40. The third kappa shape index (κ3) is 3.33. The molecule has 1 aromatic rings. The van der Waals surface area contributed by atoms with Crippen LogP contribution in [-0.4, -0.2) is 41.5 Å².